The molecule has 0 heterocycles. The molecule has 0 amide bonds. The third kappa shape index (κ3) is 4.86. The number of ketones is 1. The molecule has 2 radical (unpaired) electrons. The van der Waals surface area contributed by atoms with E-state index in [9.17, 15) is 4.79 Å². The summed E-state index contributed by atoms with van der Waals surface area (Å²) < 4.78 is 1.24. The second-order valence-corrected chi connectivity index (χ2v) is 4.15. The minimum absolute atomic E-state index is 0.0509. The van der Waals surface area contributed by atoms with Crippen molar-refractivity contribution < 1.29 is 9.90 Å². The lowest BCUT2D eigenvalue weighted by atomic mass is 10.1. The maximum Gasteiger partial charge on any atom is 0.175 e. The fourth-order valence-electron chi connectivity index (χ4n) is 1.22. The molecular formula is C14H13AlO2. The highest BCUT2D eigenvalue weighted by Crippen LogP contribution is 2.15. The second kappa shape index (κ2) is 6.90. The van der Waals surface area contributed by atoms with Crippen LogP contribution in [0.25, 0.3) is 0 Å². The van der Waals surface area contributed by atoms with Gasteiger partial charge in [-0.3, -0.25) is 4.79 Å². The quantitative estimate of drug-likeness (QED) is 0.612. The molecule has 0 spiro atoms. The summed E-state index contributed by atoms with van der Waals surface area (Å²) in [6, 6.07) is 16.6. The van der Waals surface area contributed by atoms with Crippen molar-refractivity contribution in [1.82, 2.24) is 0 Å². The van der Waals surface area contributed by atoms with Gasteiger partial charge in [0.15, 0.2) is 22.1 Å². The summed E-state index contributed by atoms with van der Waals surface area (Å²) in [5.74, 6) is -0.0619. The molecule has 17 heavy (non-hydrogen) atoms. The van der Waals surface area contributed by atoms with Gasteiger partial charge in [-0.1, -0.05) is 42.5 Å². The Morgan fingerprint density at radius 3 is 1.88 bits per heavy atom. The summed E-state index contributed by atoms with van der Waals surface area (Å²) in [6.07, 6.45) is 0. The van der Waals surface area contributed by atoms with Crippen molar-refractivity contribution in [2.24, 2.45) is 0 Å². The fourth-order valence-corrected chi connectivity index (χ4v) is 1.45. The normalized spacial score (nSPS) is 9.00. The first kappa shape index (κ1) is 13.5. The summed E-state index contributed by atoms with van der Waals surface area (Å²) in [5.41, 5.74) is 0.377. The first-order valence-electron chi connectivity index (χ1n) is 5.20. The van der Waals surface area contributed by atoms with Gasteiger partial charge in [-0.15, -0.1) is 4.43 Å². The third-order valence-corrected chi connectivity index (χ3v) is 2.47. The molecule has 1 N–H and O–H groups in total. The molecule has 0 aromatic heterocycles. The van der Waals surface area contributed by atoms with Crippen LogP contribution in [0.5, 0.6) is 5.75 Å². The zero-order valence-electron chi connectivity index (χ0n) is 9.63. The van der Waals surface area contributed by atoms with E-state index in [1.54, 1.807) is 18.2 Å². The molecule has 0 aliphatic rings. The van der Waals surface area contributed by atoms with E-state index < -0.39 is 0 Å². The van der Waals surface area contributed by atoms with E-state index in [4.69, 9.17) is 5.11 Å². The van der Waals surface area contributed by atoms with Crippen LogP contribution < -0.4 is 4.43 Å². The Hall–Kier alpha value is -1.56. The van der Waals surface area contributed by atoms with Crippen LogP contribution in [0.15, 0.2) is 54.6 Å². The molecule has 0 saturated heterocycles. The Bertz CT molecular complexity index is 481. The molecule has 2 nitrogen and oxygen atoms in total. The van der Waals surface area contributed by atoms with Gasteiger partial charge < -0.3 is 5.11 Å². The Labute approximate surface area is 109 Å². The minimum Gasteiger partial charge on any atom is -0.507 e. The molecule has 3 heteroatoms. The van der Waals surface area contributed by atoms with Crippen LogP contribution in [-0.2, 0) is 0 Å². The minimum atomic E-state index is -0.113. The number of rotatable bonds is 1. The summed E-state index contributed by atoms with van der Waals surface area (Å²) in [4.78, 5) is 10.7. The molecule has 0 aliphatic carbocycles. The Balaban J connectivity index is 0.000000181. The lowest BCUT2D eigenvalue weighted by molar-refractivity contribution is 0.101. The molecule has 0 fully saturated rings. The smallest absolute Gasteiger partial charge is 0.175 e. The van der Waals surface area contributed by atoms with Gasteiger partial charge in [0, 0.05) is 0 Å². The van der Waals surface area contributed by atoms with E-state index in [0.29, 0.717) is 5.56 Å². The molecule has 84 valence electrons. The van der Waals surface area contributed by atoms with Crippen molar-refractivity contribution in [2.75, 3.05) is 0 Å². The summed E-state index contributed by atoms with van der Waals surface area (Å²) >= 11 is 2.63. The number of phenols is 1. The van der Waals surface area contributed by atoms with Gasteiger partial charge in [0.25, 0.3) is 0 Å². The largest absolute Gasteiger partial charge is 0.507 e. The number of carbonyl (C=O) groups is 1. The highest BCUT2D eigenvalue weighted by Gasteiger charge is 2.02. The number of benzene rings is 2. The summed E-state index contributed by atoms with van der Waals surface area (Å²) in [5, 5.41) is 9.06. The molecule has 0 bridgehead atoms. The van der Waals surface area contributed by atoms with Crippen LogP contribution in [0.3, 0.4) is 0 Å². The maximum atomic E-state index is 10.7. The predicted molar refractivity (Wildman–Crippen MR) is 69.9 cm³/mol. The van der Waals surface area contributed by atoms with Crippen LogP contribution >= 0.6 is 0 Å². The van der Waals surface area contributed by atoms with Crippen LogP contribution in [0.4, 0.5) is 0 Å². The third-order valence-electron chi connectivity index (χ3n) is 2.08. The number of phenolic OH excluding ortho intramolecular Hbond substituents is 1. The standard InChI is InChI=1S/C8H8O2.C6H5.Al/c1-6(9)7-4-2-3-5-8(7)10;1-2-4-6-5-3-1;/h2-5,10H,1H3;1-5H;. The van der Waals surface area contributed by atoms with Crippen molar-refractivity contribution in [1.29, 1.82) is 0 Å². The van der Waals surface area contributed by atoms with Crippen molar-refractivity contribution >= 4 is 26.5 Å². The molecule has 0 unspecified atom stereocenters. The van der Waals surface area contributed by atoms with E-state index in [-0.39, 0.29) is 11.5 Å². The van der Waals surface area contributed by atoms with Crippen molar-refractivity contribution in [2.45, 2.75) is 6.92 Å². The lowest BCUT2D eigenvalue weighted by Crippen LogP contribution is -1.97. The van der Waals surface area contributed by atoms with E-state index in [1.807, 2.05) is 30.3 Å². The van der Waals surface area contributed by atoms with E-state index in [2.05, 4.69) is 16.3 Å². The van der Waals surface area contributed by atoms with Gasteiger partial charge in [-0.05, 0) is 19.1 Å². The van der Waals surface area contributed by atoms with Crippen LogP contribution in [0, 0.1) is 0 Å². The van der Waals surface area contributed by atoms with Gasteiger partial charge in [-0.25, -0.2) is 0 Å². The van der Waals surface area contributed by atoms with Gasteiger partial charge in [-0.2, -0.15) is 0 Å². The van der Waals surface area contributed by atoms with Crippen molar-refractivity contribution in [3.8, 4) is 5.75 Å². The second-order valence-electron chi connectivity index (χ2n) is 3.48. The zero-order valence-corrected chi connectivity index (χ0v) is 10.8. The predicted octanol–water partition coefficient (Wildman–Crippen LogP) is 2.08. The lowest BCUT2D eigenvalue weighted by Gasteiger charge is -1.96. The Kier molecular flexibility index (Phi) is 5.49. The van der Waals surface area contributed by atoms with Gasteiger partial charge in [0.1, 0.15) is 5.75 Å². The molecular weight excluding hydrogens is 227 g/mol. The molecule has 2 aromatic carbocycles. The molecule has 0 aliphatic heterocycles. The number of hydrogen-bond acceptors (Lipinski definition) is 2. The van der Waals surface area contributed by atoms with Crippen LogP contribution in [0.1, 0.15) is 17.3 Å². The molecule has 2 rings (SSSR count). The SMILES string of the molecule is CC(=O)c1ccccc1O.[Al][c]1ccccc1. The van der Waals surface area contributed by atoms with Crippen molar-refractivity contribution in [3.63, 3.8) is 0 Å². The first-order chi connectivity index (χ1) is 8.11. The Morgan fingerprint density at radius 2 is 1.53 bits per heavy atom. The van der Waals surface area contributed by atoms with Gasteiger partial charge in [0.05, 0.1) is 5.56 Å². The van der Waals surface area contributed by atoms with Gasteiger partial charge >= 0.3 is 0 Å². The monoisotopic (exact) mass is 240 g/mol. The fraction of sp³-hybridized carbons (Fsp3) is 0.0714. The summed E-state index contributed by atoms with van der Waals surface area (Å²) in [7, 11) is 0. The van der Waals surface area contributed by atoms with E-state index >= 15 is 0 Å². The zero-order chi connectivity index (χ0) is 12.7. The van der Waals surface area contributed by atoms with Gasteiger partial charge in [0.2, 0.25) is 0 Å². The maximum absolute atomic E-state index is 10.7. The molecule has 0 saturated carbocycles. The highest BCUT2D eigenvalue weighted by molar-refractivity contribution is 6.32. The number of Topliss-reactive ketones (excluding diaryl/α,β-unsaturated/α-hetero) is 1. The van der Waals surface area contributed by atoms with Crippen molar-refractivity contribution in [3.05, 3.63) is 60.2 Å². The summed E-state index contributed by atoms with van der Waals surface area (Å²) in [6.45, 7) is 1.43. The topological polar surface area (TPSA) is 37.3 Å². The number of carbonyl (C=O) groups excluding carboxylic acids is 1. The first-order valence-corrected chi connectivity index (χ1v) is 5.78. The number of aromatic hydroxyl groups is 1. The average molecular weight is 240 g/mol. The number of para-hydroxylation sites is 1. The molecule has 0 atom stereocenters. The average Bonchev–Trinajstić information content (AvgIpc) is 2.31. The molecule has 2 aromatic rings. The Morgan fingerprint density at radius 1 is 1.00 bits per heavy atom. The van der Waals surface area contributed by atoms with E-state index in [1.165, 1.54) is 17.4 Å². The van der Waals surface area contributed by atoms with E-state index in [0.717, 1.165) is 0 Å². The van der Waals surface area contributed by atoms with Crippen LogP contribution in [0.2, 0.25) is 0 Å². The highest BCUT2D eigenvalue weighted by atomic mass is 27.0. The van der Waals surface area contributed by atoms with Crippen LogP contribution in [-0.4, -0.2) is 27.2 Å². The number of hydrogen-bond donors (Lipinski definition) is 1.